The fourth-order valence-electron chi connectivity index (χ4n) is 2.86. The van der Waals surface area contributed by atoms with Gasteiger partial charge in [0.15, 0.2) is 0 Å². The number of methoxy groups -OCH3 is 2. The van der Waals surface area contributed by atoms with Crippen molar-refractivity contribution in [2.45, 2.75) is 6.61 Å². The Balaban J connectivity index is 1.76. The number of anilines is 1. The Kier molecular flexibility index (Phi) is 6.95. The number of nitrogens with two attached hydrogens (primary N) is 1. The van der Waals surface area contributed by atoms with Crippen LogP contribution < -0.4 is 15.2 Å². The molecule has 0 atom stereocenters. The number of rotatable bonds is 8. The maximum atomic E-state index is 12.1. The first-order valence-electron chi connectivity index (χ1n) is 9.27. The minimum atomic E-state index is -0.494. The van der Waals surface area contributed by atoms with Crippen molar-refractivity contribution >= 4 is 17.2 Å². The molecule has 3 aromatic carbocycles. The molecule has 0 aliphatic carbocycles. The normalized spacial score (nSPS) is 10.9. The summed E-state index contributed by atoms with van der Waals surface area (Å²) < 4.78 is 21.6. The van der Waals surface area contributed by atoms with E-state index in [1.807, 2.05) is 48.5 Å². The molecule has 0 saturated carbocycles. The molecule has 0 fully saturated rings. The van der Waals surface area contributed by atoms with Crippen LogP contribution in [0.15, 0.2) is 79.1 Å². The smallest absolute Gasteiger partial charge is 0.341 e. The van der Waals surface area contributed by atoms with Crippen LogP contribution in [0.2, 0.25) is 0 Å². The Hall–Kier alpha value is -3.93. The third-order valence-electron chi connectivity index (χ3n) is 4.29. The zero-order chi connectivity index (χ0) is 21.3. The van der Waals surface area contributed by atoms with Crippen LogP contribution in [0.3, 0.4) is 0 Å². The van der Waals surface area contributed by atoms with Crippen LogP contribution in [0.5, 0.6) is 17.2 Å². The van der Waals surface area contributed by atoms with E-state index in [0.29, 0.717) is 28.3 Å². The summed E-state index contributed by atoms with van der Waals surface area (Å²) in [5.41, 5.74) is 8.34. The molecule has 0 amide bonds. The highest BCUT2D eigenvalue weighted by molar-refractivity contribution is 6.16. The van der Waals surface area contributed by atoms with Crippen molar-refractivity contribution in [1.82, 2.24) is 0 Å². The summed E-state index contributed by atoms with van der Waals surface area (Å²) in [5, 5.41) is 0. The SMILES string of the molecule is CO/C=C(/C(=O)OC)c1ccccc1COc1ccc(Oc2ccccc2)cc1N. The van der Waals surface area contributed by atoms with Crippen LogP contribution in [-0.4, -0.2) is 20.2 Å². The van der Waals surface area contributed by atoms with Crippen molar-refractivity contribution < 1.29 is 23.7 Å². The van der Waals surface area contributed by atoms with Gasteiger partial charge in [-0.15, -0.1) is 0 Å². The van der Waals surface area contributed by atoms with Gasteiger partial charge in [-0.05, 0) is 35.4 Å². The number of ether oxygens (including phenoxy) is 4. The number of para-hydroxylation sites is 1. The Labute approximate surface area is 175 Å². The first kappa shape index (κ1) is 20.8. The maximum Gasteiger partial charge on any atom is 0.341 e. The third-order valence-corrected chi connectivity index (χ3v) is 4.29. The molecule has 0 bridgehead atoms. The highest BCUT2D eigenvalue weighted by Crippen LogP contribution is 2.31. The molecule has 0 aliphatic rings. The molecule has 3 rings (SSSR count). The second-order valence-electron chi connectivity index (χ2n) is 6.32. The van der Waals surface area contributed by atoms with Crippen molar-refractivity contribution in [1.29, 1.82) is 0 Å². The Morgan fingerprint density at radius 1 is 0.933 bits per heavy atom. The number of carbonyl (C=O) groups is 1. The summed E-state index contributed by atoms with van der Waals surface area (Å²) in [6.45, 7) is 0.206. The van der Waals surface area contributed by atoms with Crippen LogP contribution in [0.4, 0.5) is 5.69 Å². The fourth-order valence-corrected chi connectivity index (χ4v) is 2.86. The van der Waals surface area contributed by atoms with Crippen LogP contribution in [0, 0.1) is 0 Å². The predicted octanol–water partition coefficient (Wildman–Crippen LogP) is 4.80. The lowest BCUT2D eigenvalue weighted by Gasteiger charge is -2.14. The third kappa shape index (κ3) is 5.11. The molecule has 0 spiro atoms. The lowest BCUT2D eigenvalue weighted by Crippen LogP contribution is -2.08. The highest BCUT2D eigenvalue weighted by Gasteiger charge is 2.17. The van der Waals surface area contributed by atoms with Gasteiger partial charge in [-0.2, -0.15) is 0 Å². The van der Waals surface area contributed by atoms with Gasteiger partial charge in [-0.1, -0.05) is 42.5 Å². The lowest BCUT2D eigenvalue weighted by molar-refractivity contribution is -0.133. The van der Waals surface area contributed by atoms with E-state index in [4.69, 9.17) is 24.7 Å². The molecule has 0 aromatic heterocycles. The van der Waals surface area contributed by atoms with Crippen LogP contribution in [0.1, 0.15) is 11.1 Å². The zero-order valence-electron chi connectivity index (χ0n) is 16.8. The first-order chi connectivity index (χ1) is 14.6. The van der Waals surface area contributed by atoms with Crippen molar-refractivity contribution in [3.8, 4) is 17.2 Å². The number of hydrogen-bond acceptors (Lipinski definition) is 6. The molecular formula is C24H23NO5. The summed E-state index contributed by atoms with van der Waals surface area (Å²) in [6.07, 6.45) is 1.36. The number of hydrogen-bond donors (Lipinski definition) is 1. The maximum absolute atomic E-state index is 12.1. The van der Waals surface area contributed by atoms with E-state index in [-0.39, 0.29) is 6.61 Å². The van der Waals surface area contributed by atoms with Crippen LogP contribution in [0.25, 0.3) is 5.57 Å². The molecule has 154 valence electrons. The van der Waals surface area contributed by atoms with Gasteiger partial charge in [0, 0.05) is 6.07 Å². The van der Waals surface area contributed by atoms with Gasteiger partial charge in [0.25, 0.3) is 0 Å². The fraction of sp³-hybridized carbons (Fsp3) is 0.125. The minimum Gasteiger partial charge on any atom is -0.503 e. The molecule has 30 heavy (non-hydrogen) atoms. The van der Waals surface area contributed by atoms with Gasteiger partial charge in [0.1, 0.15) is 29.4 Å². The van der Waals surface area contributed by atoms with E-state index in [1.54, 1.807) is 24.3 Å². The molecule has 0 radical (unpaired) electrons. The molecule has 2 N–H and O–H groups in total. The lowest BCUT2D eigenvalue weighted by atomic mass is 10.0. The Morgan fingerprint density at radius 3 is 2.37 bits per heavy atom. The zero-order valence-corrected chi connectivity index (χ0v) is 16.8. The van der Waals surface area contributed by atoms with Gasteiger partial charge in [0.2, 0.25) is 0 Å². The Morgan fingerprint density at radius 2 is 1.67 bits per heavy atom. The number of carbonyl (C=O) groups excluding carboxylic acids is 1. The summed E-state index contributed by atoms with van der Waals surface area (Å²) in [7, 11) is 2.80. The van der Waals surface area contributed by atoms with E-state index in [0.717, 1.165) is 11.3 Å². The molecule has 6 nitrogen and oxygen atoms in total. The molecule has 0 saturated heterocycles. The molecule has 0 aliphatic heterocycles. The van der Waals surface area contributed by atoms with Crippen molar-refractivity contribution in [2.75, 3.05) is 20.0 Å². The monoisotopic (exact) mass is 405 g/mol. The van der Waals surface area contributed by atoms with Crippen molar-refractivity contribution in [2.24, 2.45) is 0 Å². The van der Waals surface area contributed by atoms with Gasteiger partial charge < -0.3 is 24.7 Å². The van der Waals surface area contributed by atoms with Crippen molar-refractivity contribution in [3.63, 3.8) is 0 Å². The highest BCUT2D eigenvalue weighted by atomic mass is 16.5. The number of benzene rings is 3. The predicted molar refractivity (Wildman–Crippen MR) is 115 cm³/mol. The Bertz CT molecular complexity index is 1030. The number of esters is 1. The van der Waals surface area contributed by atoms with Gasteiger partial charge in [0.05, 0.1) is 26.2 Å². The first-order valence-corrected chi connectivity index (χ1v) is 9.27. The van der Waals surface area contributed by atoms with Crippen molar-refractivity contribution in [3.05, 3.63) is 90.2 Å². The van der Waals surface area contributed by atoms with Crippen LogP contribution in [-0.2, 0) is 20.9 Å². The topological polar surface area (TPSA) is 80.0 Å². The van der Waals surface area contributed by atoms with Crippen LogP contribution >= 0.6 is 0 Å². The van der Waals surface area contributed by atoms with E-state index < -0.39 is 5.97 Å². The second-order valence-corrected chi connectivity index (χ2v) is 6.32. The molecule has 0 heterocycles. The largest absolute Gasteiger partial charge is 0.503 e. The second kappa shape index (κ2) is 10.0. The molecular weight excluding hydrogens is 382 g/mol. The standard InChI is InChI=1S/C24H23NO5/c1-27-16-21(24(26)28-2)20-11-7-6-8-17(20)15-29-23-13-12-19(14-22(23)25)30-18-9-4-3-5-10-18/h3-14,16H,15,25H2,1-2H3/b21-16+. The summed E-state index contributed by atoms with van der Waals surface area (Å²) in [4.78, 5) is 12.1. The van der Waals surface area contributed by atoms with E-state index in [2.05, 4.69) is 0 Å². The quantitative estimate of drug-likeness (QED) is 0.251. The average Bonchev–Trinajstić information content (AvgIpc) is 2.77. The molecule has 6 heteroatoms. The minimum absolute atomic E-state index is 0.206. The van der Waals surface area contributed by atoms with E-state index >= 15 is 0 Å². The van der Waals surface area contributed by atoms with Gasteiger partial charge in [-0.25, -0.2) is 4.79 Å². The van der Waals surface area contributed by atoms with E-state index in [1.165, 1.54) is 20.5 Å². The average molecular weight is 405 g/mol. The molecule has 0 unspecified atom stereocenters. The summed E-state index contributed by atoms with van der Waals surface area (Å²) >= 11 is 0. The van der Waals surface area contributed by atoms with E-state index in [9.17, 15) is 4.79 Å². The van der Waals surface area contributed by atoms with Gasteiger partial charge >= 0.3 is 5.97 Å². The number of nitrogen functional groups attached to an aromatic ring is 1. The summed E-state index contributed by atoms with van der Waals surface area (Å²) in [5.74, 6) is 1.36. The van der Waals surface area contributed by atoms with Gasteiger partial charge in [-0.3, -0.25) is 0 Å². The molecule has 3 aromatic rings. The summed E-state index contributed by atoms with van der Waals surface area (Å²) in [6, 6.07) is 22.1.